The number of rotatable bonds is 12. The molecule has 0 amide bonds. The summed E-state index contributed by atoms with van der Waals surface area (Å²) in [4.78, 5) is 44.6. The first kappa shape index (κ1) is 34.0. The van der Waals surface area contributed by atoms with Crippen molar-refractivity contribution in [3.63, 3.8) is 0 Å². The van der Waals surface area contributed by atoms with E-state index in [0.717, 1.165) is 14.9 Å². The molecule has 4 rings (SSSR count). The molecule has 0 radical (unpaired) electrons. The highest BCUT2D eigenvalue weighted by Crippen LogP contribution is 2.37. The van der Waals surface area contributed by atoms with Crippen LogP contribution in [0.15, 0.2) is 51.4 Å². The minimum Gasteiger partial charge on any atom is -0.493 e. The molecule has 0 aliphatic carbocycles. The largest absolute Gasteiger partial charge is 0.493 e. The van der Waals surface area contributed by atoms with Gasteiger partial charge in [0.25, 0.3) is 5.56 Å². The summed E-state index contributed by atoms with van der Waals surface area (Å²) in [5, 5.41) is 0. The summed E-state index contributed by atoms with van der Waals surface area (Å²) >= 11 is 3.30. The van der Waals surface area contributed by atoms with Crippen LogP contribution >= 0.6 is 33.9 Å². The summed E-state index contributed by atoms with van der Waals surface area (Å²) in [6, 6.07) is 8.03. The Labute approximate surface area is 278 Å². The Kier molecular flexibility index (Phi) is 11.3. The van der Waals surface area contributed by atoms with Crippen molar-refractivity contribution in [1.82, 2.24) is 4.57 Å². The number of hydrogen-bond donors (Lipinski definition) is 0. The fraction of sp³-hybridized carbons (Fsp3) is 0.375. The Morgan fingerprint density at radius 3 is 2.40 bits per heavy atom. The van der Waals surface area contributed by atoms with E-state index in [4.69, 9.17) is 28.4 Å². The minimum atomic E-state index is -0.852. The molecule has 3 aromatic rings. The molecule has 2 heterocycles. The van der Waals surface area contributed by atoms with Crippen molar-refractivity contribution in [2.45, 2.75) is 46.8 Å². The zero-order valence-electron chi connectivity index (χ0n) is 26.1. The van der Waals surface area contributed by atoms with Gasteiger partial charge in [-0.3, -0.25) is 9.36 Å². The van der Waals surface area contributed by atoms with Crippen LogP contribution in [0.4, 0.5) is 0 Å². The number of hydrogen-bond acceptors (Lipinski definition) is 11. The predicted octanol–water partition coefficient (Wildman–Crippen LogP) is 4.15. The zero-order chi connectivity index (χ0) is 32.8. The number of aromatic nitrogens is 1. The SMILES string of the molecule is CCOC(=O)COc1c(/C=c2/sc3n(c2=O)[C@H](c2ccc(OC(C)C)c(OC)c2)C(C(=O)OCC)=C(C)N=3)cc(I)cc1OC. The van der Waals surface area contributed by atoms with Crippen molar-refractivity contribution in [2.24, 2.45) is 4.99 Å². The number of methoxy groups -OCH3 is 2. The molecule has 240 valence electrons. The number of ether oxygens (including phenoxy) is 6. The third-order valence-corrected chi connectivity index (χ3v) is 8.18. The third kappa shape index (κ3) is 7.52. The summed E-state index contributed by atoms with van der Waals surface area (Å²) in [6.07, 6.45) is 1.57. The van der Waals surface area contributed by atoms with Crippen LogP contribution in [-0.4, -0.2) is 56.6 Å². The van der Waals surface area contributed by atoms with E-state index in [0.29, 0.717) is 43.4 Å². The number of fused-ring (bicyclic) bond motifs is 1. The summed E-state index contributed by atoms with van der Waals surface area (Å²) in [5.74, 6) is 0.546. The number of carbonyl (C=O) groups excluding carboxylic acids is 2. The van der Waals surface area contributed by atoms with Gasteiger partial charge in [0.05, 0.1) is 55.4 Å². The first-order valence-electron chi connectivity index (χ1n) is 14.2. The van der Waals surface area contributed by atoms with E-state index in [1.807, 2.05) is 19.9 Å². The van der Waals surface area contributed by atoms with Gasteiger partial charge >= 0.3 is 11.9 Å². The summed E-state index contributed by atoms with van der Waals surface area (Å²) < 4.78 is 35.9. The molecule has 1 aliphatic heterocycles. The zero-order valence-corrected chi connectivity index (χ0v) is 29.1. The summed E-state index contributed by atoms with van der Waals surface area (Å²) in [5.41, 5.74) is 1.42. The molecule has 11 nitrogen and oxygen atoms in total. The molecule has 0 saturated carbocycles. The van der Waals surface area contributed by atoms with Gasteiger partial charge < -0.3 is 28.4 Å². The molecule has 45 heavy (non-hydrogen) atoms. The molecule has 1 atom stereocenters. The fourth-order valence-corrected chi connectivity index (χ4v) is 6.45. The standard InChI is InChI=1S/C32H35IN2O9S/c1-8-41-26(36)16-43-29-20(12-21(33)15-24(29)40-7)14-25-30(37)35-28(19-10-11-22(44-17(3)4)23(13-19)39-6)27(31(38)42-9-2)18(5)34-32(35)45-25/h10-15,17,28H,8-9,16H2,1-7H3/b25-14+/t28-/m1/s1. The lowest BCUT2D eigenvalue weighted by molar-refractivity contribution is -0.145. The van der Waals surface area contributed by atoms with Crippen molar-refractivity contribution >= 4 is 51.9 Å². The number of benzene rings is 2. The molecule has 0 saturated heterocycles. The molecule has 13 heteroatoms. The third-order valence-electron chi connectivity index (χ3n) is 6.58. The topological polar surface area (TPSA) is 124 Å². The second-order valence-electron chi connectivity index (χ2n) is 10.00. The molecular formula is C32H35IN2O9S. The van der Waals surface area contributed by atoms with Gasteiger partial charge in [-0.25, -0.2) is 14.6 Å². The van der Waals surface area contributed by atoms with E-state index in [9.17, 15) is 14.4 Å². The molecular weight excluding hydrogens is 715 g/mol. The Morgan fingerprint density at radius 2 is 1.76 bits per heavy atom. The smallest absolute Gasteiger partial charge is 0.344 e. The fourth-order valence-electron chi connectivity index (χ4n) is 4.79. The van der Waals surface area contributed by atoms with E-state index in [2.05, 4.69) is 27.6 Å². The van der Waals surface area contributed by atoms with Crippen molar-refractivity contribution in [3.05, 3.63) is 76.0 Å². The van der Waals surface area contributed by atoms with Crippen LogP contribution in [0.3, 0.4) is 0 Å². The lowest BCUT2D eigenvalue weighted by Crippen LogP contribution is -2.40. The van der Waals surface area contributed by atoms with Crippen molar-refractivity contribution in [2.75, 3.05) is 34.0 Å². The normalized spacial score (nSPS) is 14.5. The van der Waals surface area contributed by atoms with E-state index >= 15 is 0 Å². The van der Waals surface area contributed by atoms with E-state index in [-0.39, 0.29) is 42.8 Å². The second kappa shape index (κ2) is 15.0. The first-order chi connectivity index (χ1) is 21.5. The Bertz CT molecular complexity index is 1810. The van der Waals surface area contributed by atoms with Crippen LogP contribution in [0.2, 0.25) is 0 Å². The molecule has 0 spiro atoms. The summed E-state index contributed by atoms with van der Waals surface area (Å²) in [6.45, 7) is 8.99. The van der Waals surface area contributed by atoms with Gasteiger partial charge in [0.2, 0.25) is 0 Å². The number of halogens is 1. The molecule has 0 bridgehead atoms. The summed E-state index contributed by atoms with van der Waals surface area (Å²) in [7, 11) is 3.02. The quantitative estimate of drug-likeness (QED) is 0.199. The number of esters is 2. The van der Waals surface area contributed by atoms with Gasteiger partial charge in [0, 0.05) is 9.13 Å². The van der Waals surface area contributed by atoms with Crippen LogP contribution < -0.4 is 33.8 Å². The molecule has 0 N–H and O–H groups in total. The maximum atomic E-state index is 14.2. The number of carbonyl (C=O) groups is 2. The van der Waals surface area contributed by atoms with Gasteiger partial charge in [0.1, 0.15) is 0 Å². The maximum Gasteiger partial charge on any atom is 0.344 e. The number of thiazole rings is 1. The van der Waals surface area contributed by atoms with Crippen LogP contribution in [0, 0.1) is 3.57 Å². The van der Waals surface area contributed by atoms with Crippen LogP contribution in [0.1, 0.15) is 51.8 Å². The molecule has 0 fully saturated rings. The van der Waals surface area contributed by atoms with Gasteiger partial charge in [-0.05, 0) is 93.1 Å². The molecule has 2 aromatic carbocycles. The average molecular weight is 751 g/mol. The van der Waals surface area contributed by atoms with E-state index in [1.54, 1.807) is 51.1 Å². The predicted molar refractivity (Wildman–Crippen MR) is 177 cm³/mol. The number of allylic oxidation sites excluding steroid dienone is 1. The van der Waals surface area contributed by atoms with Crippen LogP contribution in [-0.2, 0) is 19.1 Å². The van der Waals surface area contributed by atoms with Gasteiger partial charge in [-0.2, -0.15) is 0 Å². The van der Waals surface area contributed by atoms with Gasteiger partial charge in [-0.1, -0.05) is 17.4 Å². The Hall–Kier alpha value is -3.85. The first-order valence-corrected chi connectivity index (χ1v) is 16.1. The second-order valence-corrected chi connectivity index (χ2v) is 12.3. The lowest BCUT2D eigenvalue weighted by atomic mass is 9.95. The molecule has 1 aromatic heterocycles. The lowest BCUT2D eigenvalue weighted by Gasteiger charge is -2.25. The van der Waals surface area contributed by atoms with Crippen molar-refractivity contribution in [1.29, 1.82) is 0 Å². The Morgan fingerprint density at radius 1 is 1.04 bits per heavy atom. The van der Waals surface area contributed by atoms with Crippen LogP contribution in [0.5, 0.6) is 23.0 Å². The van der Waals surface area contributed by atoms with E-state index < -0.39 is 18.0 Å². The van der Waals surface area contributed by atoms with Gasteiger partial charge in [-0.15, -0.1) is 0 Å². The maximum absolute atomic E-state index is 14.2. The Balaban J connectivity index is 1.93. The highest BCUT2D eigenvalue weighted by Gasteiger charge is 2.34. The highest BCUT2D eigenvalue weighted by molar-refractivity contribution is 14.1. The van der Waals surface area contributed by atoms with E-state index in [1.165, 1.54) is 18.8 Å². The molecule has 0 unspecified atom stereocenters. The van der Waals surface area contributed by atoms with Crippen molar-refractivity contribution in [3.8, 4) is 23.0 Å². The average Bonchev–Trinajstić information content (AvgIpc) is 3.29. The molecule has 1 aliphatic rings. The minimum absolute atomic E-state index is 0.0921. The van der Waals surface area contributed by atoms with Gasteiger partial charge in [0.15, 0.2) is 34.4 Å². The highest BCUT2D eigenvalue weighted by atomic mass is 127. The number of nitrogens with zero attached hydrogens (tertiary/aromatic N) is 2. The monoisotopic (exact) mass is 750 g/mol. The van der Waals surface area contributed by atoms with Crippen molar-refractivity contribution < 1.29 is 38.0 Å². The van der Waals surface area contributed by atoms with Crippen LogP contribution in [0.25, 0.3) is 6.08 Å².